The highest BCUT2D eigenvalue weighted by Crippen LogP contribution is 2.16. The Kier molecular flexibility index (Phi) is 8.05. The van der Waals surface area contributed by atoms with Crippen LogP contribution in [0.1, 0.15) is 29.6 Å². The molecular weight excluding hydrogens is 330 g/mol. The van der Waals surface area contributed by atoms with Gasteiger partial charge in [0.05, 0.1) is 25.0 Å². The Bertz CT molecular complexity index is 471. The number of furan rings is 1. The average molecular weight is 358 g/mol. The molecule has 0 bridgehead atoms. The summed E-state index contributed by atoms with van der Waals surface area (Å²) in [5.74, 6) is 0.0921. The van der Waals surface area contributed by atoms with Crippen LogP contribution in [-0.4, -0.2) is 74.2 Å². The van der Waals surface area contributed by atoms with Crippen molar-refractivity contribution in [2.75, 3.05) is 52.5 Å². The quantitative estimate of drug-likeness (QED) is 0.838. The number of nitrogens with zero attached hydrogens (tertiary/aromatic N) is 2. The summed E-state index contributed by atoms with van der Waals surface area (Å²) in [6.07, 6.45) is 6.32. The average Bonchev–Trinajstić information content (AvgIpc) is 3.15. The van der Waals surface area contributed by atoms with E-state index in [0.717, 1.165) is 71.7 Å². The Hall–Kier alpha value is -1.08. The summed E-state index contributed by atoms with van der Waals surface area (Å²) in [5.41, 5.74) is 0.655. The number of carbonyl (C=O) groups excluding carboxylic acids is 1. The second-order valence-electron chi connectivity index (χ2n) is 6.32. The molecule has 1 amide bonds. The summed E-state index contributed by atoms with van der Waals surface area (Å²) < 4.78 is 10.5. The fourth-order valence-corrected chi connectivity index (χ4v) is 3.39. The molecule has 7 heteroatoms. The van der Waals surface area contributed by atoms with Crippen LogP contribution >= 0.6 is 12.4 Å². The van der Waals surface area contributed by atoms with Crippen LogP contribution < -0.4 is 5.32 Å². The molecular formula is C17H28ClN3O3. The Balaban J connectivity index is 0.00000208. The number of piperidine rings is 1. The molecule has 1 aromatic rings. The standard InChI is InChI=1S/C17H27N3O3.ClH/c21-17(15-4-10-23-14-15)20(16-3-1-5-18-13-16)7-2-6-19-8-11-22-12-9-19;/h4,10,14,16,18H,1-3,5-9,11-13H2;1H. The smallest absolute Gasteiger partial charge is 0.257 e. The largest absolute Gasteiger partial charge is 0.472 e. The van der Waals surface area contributed by atoms with Gasteiger partial charge in [0.1, 0.15) is 6.26 Å². The lowest BCUT2D eigenvalue weighted by Gasteiger charge is -2.35. The summed E-state index contributed by atoms with van der Waals surface area (Å²) in [4.78, 5) is 17.3. The molecule has 0 aromatic carbocycles. The van der Waals surface area contributed by atoms with Crippen molar-refractivity contribution in [1.82, 2.24) is 15.1 Å². The third-order valence-electron chi connectivity index (χ3n) is 4.72. The van der Waals surface area contributed by atoms with E-state index in [2.05, 4.69) is 10.2 Å². The molecule has 2 aliphatic rings. The molecule has 6 nitrogen and oxygen atoms in total. The van der Waals surface area contributed by atoms with E-state index in [1.807, 2.05) is 4.90 Å². The van der Waals surface area contributed by atoms with Crippen molar-refractivity contribution >= 4 is 18.3 Å². The molecule has 24 heavy (non-hydrogen) atoms. The first-order chi connectivity index (χ1) is 11.3. The summed E-state index contributed by atoms with van der Waals surface area (Å²) in [6, 6.07) is 2.05. The van der Waals surface area contributed by atoms with Crippen molar-refractivity contribution in [3.63, 3.8) is 0 Å². The van der Waals surface area contributed by atoms with E-state index in [0.29, 0.717) is 5.56 Å². The molecule has 2 fully saturated rings. The fraction of sp³-hybridized carbons (Fsp3) is 0.706. The summed E-state index contributed by atoms with van der Waals surface area (Å²) in [7, 11) is 0. The first-order valence-corrected chi connectivity index (χ1v) is 8.68. The molecule has 3 rings (SSSR count). The van der Waals surface area contributed by atoms with Crippen LogP contribution in [-0.2, 0) is 4.74 Å². The van der Waals surface area contributed by atoms with E-state index in [1.54, 1.807) is 18.6 Å². The van der Waals surface area contributed by atoms with Gasteiger partial charge >= 0.3 is 0 Å². The summed E-state index contributed by atoms with van der Waals surface area (Å²) in [5, 5.41) is 3.41. The maximum Gasteiger partial charge on any atom is 0.257 e. The van der Waals surface area contributed by atoms with Crippen molar-refractivity contribution < 1.29 is 13.9 Å². The minimum Gasteiger partial charge on any atom is -0.472 e. The molecule has 2 aliphatic heterocycles. The number of carbonyl (C=O) groups is 1. The predicted octanol–water partition coefficient (Wildman–Crippen LogP) is 1.62. The zero-order valence-electron chi connectivity index (χ0n) is 14.1. The van der Waals surface area contributed by atoms with E-state index in [-0.39, 0.29) is 24.4 Å². The van der Waals surface area contributed by atoms with Gasteiger partial charge < -0.3 is 19.4 Å². The van der Waals surface area contributed by atoms with Crippen molar-refractivity contribution in [3.8, 4) is 0 Å². The highest BCUT2D eigenvalue weighted by molar-refractivity contribution is 5.94. The van der Waals surface area contributed by atoms with Gasteiger partial charge in [-0.05, 0) is 31.9 Å². The maximum atomic E-state index is 12.8. The van der Waals surface area contributed by atoms with E-state index >= 15 is 0 Å². The Labute approximate surface area is 149 Å². The maximum absolute atomic E-state index is 12.8. The number of nitrogens with one attached hydrogen (secondary N) is 1. The third-order valence-corrected chi connectivity index (χ3v) is 4.72. The van der Waals surface area contributed by atoms with Gasteiger partial charge in [0.2, 0.25) is 0 Å². The lowest BCUT2D eigenvalue weighted by Crippen LogP contribution is -2.49. The fourth-order valence-electron chi connectivity index (χ4n) is 3.39. The van der Waals surface area contributed by atoms with Crippen LogP contribution in [0, 0.1) is 0 Å². The second kappa shape index (κ2) is 10.0. The third kappa shape index (κ3) is 5.21. The predicted molar refractivity (Wildman–Crippen MR) is 94.8 cm³/mol. The highest BCUT2D eigenvalue weighted by atomic mass is 35.5. The summed E-state index contributed by atoms with van der Waals surface area (Å²) in [6.45, 7) is 7.42. The van der Waals surface area contributed by atoms with Gasteiger partial charge in [-0.2, -0.15) is 0 Å². The lowest BCUT2D eigenvalue weighted by atomic mass is 10.0. The first kappa shape index (κ1) is 19.2. The lowest BCUT2D eigenvalue weighted by molar-refractivity contribution is 0.0342. The normalized spacial score (nSPS) is 21.9. The molecule has 0 spiro atoms. The molecule has 1 unspecified atom stereocenters. The number of amides is 1. The summed E-state index contributed by atoms with van der Waals surface area (Å²) >= 11 is 0. The van der Waals surface area contributed by atoms with Gasteiger partial charge in [-0.3, -0.25) is 9.69 Å². The van der Waals surface area contributed by atoms with Crippen molar-refractivity contribution in [1.29, 1.82) is 0 Å². The monoisotopic (exact) mass is 357 g/mol. The van der Waals surface area contributed by atoms with Gasteiger partial charge in [0.15, 0.2) is 0 Å². The molecule has 0 aliphatic carbocycles. The van der Waals surface area contributed by atoms with E-state index in [4.69, 9.17) is 9.15 Å². The number of morpholine rings is 1. The van der Waals surface area contributed by atoms with Gasteiger partial charge in [-0.15, -0.1) is 12.4 Å². The number of rotatable bonds is 6. The molecule has 1 atom stereocenters. The molecule has 2 saturated heterocycles. The minimum atomic E-state index is 0. The van der Waals surface area contributed by atoms with Crippen molar-refractivity contribution in [3.05, 3.63) is 24.2 Å². The SMILES string of the molecule is Cl.O=C(c1ccoc1)N(CCCN1CCOCC1)C1CCCNC1. The topological polar surface area (TPSA) is 58.0 Å². The van der Waals surface area contributed by atoms with Crippen LogP contribution in [0.15, 0.2) is 23.0 Å². The molecule has 0 saturated carbocycles. The number of hydrogen-bond donors (Lipinski definition) is 1. The van der Waals surface area contributed by atoms with Crippen LogP contribution in [0.4, 0.5) is 0 Å². The van der Waals surface area contributed by atoms with E-state index in [9.17, 15) is 4.79 Å². The van der Waals surface area contributed by atoms with E-state index in [1.165, 1.54) is 0 Å². The van der Waals surface area contributed by atoms with Crippen LogP contribution in [0.5, 0.6) is 0 Å². The number of hydrogen-bond acceptors (Lipinski definition) is 5. The molecule has 0 radical (unpaired) electrons. The number of ether oxygens (including phenoxy) is 1. The molecule has 136 valence electrons. The zero-order chi connectivity index (χ0) is 15.9. The van der Waals surface area contributed by atoms with Gasteiger partial charge in [0.25, 0.3) is 5.91 Å². The van der Waals surface area contributed by atoms with Gasteiger partial charge in [-0.25, -0.2) is 0 Å². The second-order valence-corrected chi connectivity index (χ2v) is 6.32. The Morgan fingerprint density at radius 2 is 2.21 bits per heavy atom. The molecule has 1 N–H and O–H groups in total. The van der Waals surface area contributed by atoms with Crippen molar-refractivity contribution in [2.45, 2.75) is 25.3 Å². The number of halogens is 1. The zero-order valence-corrected chi connectivity index (χ0v) is 14.9. The Morgan fingerprint density at radius 3 is 2.88 bits per heavy atom. The molecule has 1 aromatic heterocycles. The Morgan fingerprint density at radius 1 is 1.38 bits per heavy atom. The van der Waals surface area contributed by atoms with Crippen LogP contribution in [0.25, 0.3) is 0 Å². The highest BCUT2D eigenvalue weighted by Gasteiger charge is 2.26. The minimum absolute atomic E-state index is 0. The van der Waals surface area contributed by atoms with Crippen LogP contribution in [0.2, 0.25) is 0 Å². The molecule has 3 heterocycles. The van der Waals surface area contributed by atoms with Gasteiger partial charge in [0, 0.05) is 38.8 Å². The van der Waals surface area contributed by atoms with E-state index < -0.39 is 0 Å². The van der Waals surface area contributed by atoms with Crippen LogP contribution in [0.3, 0.4) is 0 Å². The van der Waals surface area contributed by atoms with Gasteiger partial charge in [-0.1, -0.05) is 0 Å². The van der Waals surface area contributed by atoms with Crippen molar-refractivity contribution in [2.24, 2.45) is 0 Å². The first-order valence-electron chi connectivity index (χ1n) is 8.68.